The summed E-state index contributed by atoms with van der Waals surface area (Å²) < 4.78 is 0.754. The van der Waals surface area contributed by atoms with Gasteiger partial charge in [-0.05, 0) is 25.5 Å². The summed E-state index contributed by atoms with van der Waals surface area (Å²) in [5.74, 6) is 0.0375. The van der Waals surface area contributed by atoms with E-state index in [0.29, 0.717) is 13.1 Å². The molecular weight excluding hydrogens is 268 g/mol. The minimum absolute atomic E-state index is 0.0375. The third-order valence-electron chi connectivity index (χ3n) is 2.85. The van der Waals surface area contributed by atoms with Gasteiger partial charge in [0.2, 0.25) is 5.91 Å². The van der Waals surface area contributed by atoms with Crippen molar-refractivity contribution in [2.45, 2.75) is 45.7 Å². The van der Waals surface area contributed by atoms with Crippen molar-refractivity contribution in [1.29, 1.82) is 0 Å². The Hall–Kier alpha value is -0.580. The largest absolute Gasteiger partial charge is 0.336 e. The fraction of sp³-hybridized carbons (Fsp3) is 0.615. The van der Waals surface area contributed by atoms with Crippen LogP contribution in [0.5, 0.6) is 0 Å². The van der Waals surface area contributed by atoms with E-state index in [0.717, 1.165) is 28.5 Å². The molecule has 0 spiro atoms. The summed E-state index contributed by atoms with van der Waals surface area (Å²) >= 11 is 7.40. The molecule has 1 aromatic rings. The first-order chi connectivity index (χ1) is 8.58. The third-order valence-corrected chi connectivity index (χ3v) is 4.07. The van der Waals surface area contributed by atoms with Gasteiger partial charge in [0.1, 0.15) is 0 Å². The van der Waals surface area contributed by atoms with Crippen LogP contribution in [0, 0.1) is 0 Å². The fourth-order valence-corrected chi connectivity index (χ4v) is 2.86. The van der Waals surface area contributed by atoms with Crippen molar-refractivity contribution in [2.24, 2.45) is 5.73 Å². The molecule has 0 bridgehead atoms. The Morgan fingerprint density at radius 2 is 2.22 bits per heavy atom. The zero-order valence-electron chi connectivity index (χ0n) is 11.0. The summed E-state index contributed by atoms with van der Waals surface area (Å²) in [7, 11) is 0. The number of carbonyl (C=O) groups excluding carboxylic acids is 1. The quantitative estimate of drug-likeness (QED) is 0.837. The Balaban J connectivity index is 2.57. The Labute approximate surface area is 118 Å². The van der Waals surface area contributed by atoms with Crippen molar-refractivity contribution in [3.8, 4) is 0 Å². The maximum atomic E-state index is 12.2. The number of hydrogen-bond acceptors (Lipinski definition) is 3. The minimum Gasteiger partial charge on any atom is -0.336 e. The third kappa shape index (κ3) is 4.59. The smallest absolute Gasteiger partial charge is 0.239 e. The second-order valence-electron chi connectivity index (χ2n) is 4.31. The molecule has 0 aliphatic carbocycles. The number of amides is 1. The molecule has 0 unspecified atom stereocenters. The SMILES string of the molecule is CCCC[C@H](N)C(=O)N(CC)Cc1ccc(Cl)s1. The van der Waals surface area contributed by atoms with E-state index < -0.39 is 0 Å². The molecule has 1 amide bonds. The lowest BCUT2D eigenvalue weighted by atomic mass is 10.1. The zero-order chi connectivity index (χ0) is 13.5. The van der Waals surface area contributed by atoms with Crippen LogP contribution in [-0.4, -0.2) is 23.4 Å². The lowest BCUT2D eigenvalue weighted by molar-refractivity contribution is -0.133. The Morgan fingerprint density at radius 1 is 1.50 bits per heavy atom. The van der Waals surface area contributed by atoms with Gasteiger partial charge in [0.05, 0.1) is 16.9 Å². The van der Waals surface area contributed by atoms with Gasteiger partial charge in [-0.2, -0.15) is 0 Å². The van der Waals surface area contributed by atoms with E-state index in [-0.39, 0.29) is 11.9 Å². The van der Waals surface area contributed by atoms with E-state index >= 15 is 0 Å². The number of unbranched alkanes of at least 4 members (excludes halogenated alkanes) is 1. The maximum absolute atomic E-state index is 12.2. The molecular formula is C13H21ClN2OS. The van der Waals surface area contributed by atoms with Crippen LogP contribution in [0.4, 0.5) is 0 Å². The second-order valence-corrected chi connectivity index (χ2v) is 6.11. The van der Waals surface area contributed by atoms with Crippen LogP contribution in [0.3, 0.4) is 0 Å². The van der Waals surface area contributed by atoms with Gasteiger partial charge in [0, 0.05) is 11.4 Å². The number of nitrogens with two attached hydrogens (primary N) is 1. The molecule has 1 heterocycles. The fourth-order valence-electron chi connectivity index (χ4n) is 1.75. The summed E-state index contributed by atoms with van der Waals surface area (Å²) in [6.45, 7) is 5.35. The van der Waals surface area contributed by atoms with E-state index in [9.17, 15) is 4.79 Å². The van der Waals surface area contributed by atoms with E-state index in [1.807, 2.05) is 19.1 Å². The molecule has 1 atom stereocenters. The molecule has 0 aliphatic heterocycles. The molecule has 0 saturated carbocycles. The predicted octanol–water partition coefficient (Wildman–Crippen LogP) is 3.27. The molecule has 2 N–H and O–H groups in total. The van der Waals surface area contributed by atoms with Crippen molar-refractivity contribution in [1.82, 2.24) is 4.90 Å². The summed E-state index contributed by atoms with van der Waals surface area (Å²) in [4.78, 5) is 15.1. The topological polar surface area (TPSA) is 46.3 Å². The molecule has 0 radical (unpaired) electrons. The van der Waals surface area contributed by atoms with Gasteiger partial charge in [0.25, 0.3) is 0 Å². The van der Waals surface area contributed by atoms with Crippen LogP contribution in [-0.2, 0) is 11.3 Å². The first kappa shape index (κ1) is 15.5. The highest BCUT2D eigenvalue weighted by atomic mass is 35.5. The van der Waals surface area contributed by atoms with E-state index in [1.165, 1.54) is 11.3 Å². The van der Waals surface area contributed by atoms with Gasteiger partial charge in [0.15, 0.2) is 0 Å². The van der Waals surface area contributed by atoms with Crippen molar-refractivity contribution in [2.75, 3.05) is 6.54 Å². The lowest BCUT2D eigenvalue weighted by Gasteiger charge is -2.23. The number of rotatable bonds is 7. The predicted molar refractivity (Wildman–Crippen MR) is 77.9 cm³/mol. The lowest BCUT2D eigenvalue weighted by Crippen LogP contribution is -2.43. The molecule has 1 aromatic heterocycles. The van der Waals surface area contributed by atoms with Crippen molar-refractivity contribution < 1.29 is 4.79 Å². The highest BCUT2D eigenvalue weighted by Gasteiger charge is 2.19. The molecule has 5 heteroatoms. The Kier molecular flexibility index (Phi) is 6.68. The molecule has 3 nitrogen and oxygen atoms in total. The second kappa shape index (κ2) is 7.77. The van der Waals surface area contributed by atoms with Crippen LogP contribution >= 0.6 is 22.9 Å². The van der Waals surface area contributed by atoms with Gasteiger partial charge in [-0.15, -0.1) is 11.3 Å². The number of thiophene rings is 1. The summed E-state index contributed by atoms with van der Waals surface area (Å²) in [6.07, 6.45) is 2.82. The molecule has 102 valence electrons. The maximum Gasteiger partial charge on any atom is 0.239 e. The van der Waals surface area contributed by atoms with Crippen LogP contribution < -0.4 is 5.73 Å². The highest BCUT2D eigenvalue weighted by molar-refractivity contribution is 7.16. The summed E-state index contributed by atoms with van der Waals surface area (Å²) in [5.41, 5.74) is 5.92. The number of hydrogen-bond donors (Lipinski definition) is 1. The van der Waals surface area contributed by atoms with E-state index in [4.69, 9.17) is 17.3 Å². The van der Waals surface area contributed by atoms with Gasteiger partial charge in [-0.25, -0.2) is 0 Å². The molecule has 18 heavy (non-hydrogen) atoms. The first-order valence-corrected chi connectivity index (χ1v) is 7.56. The normalized spacial score (nSPS) is 12.4. The van der Waals surface area contributed by atoms with Crippen molar-refractivity contribution >= 4 is 28.8 Å². The van der Waals surface area contributed by atoms with Gasteiger partial charge < -0.3 is 10.6 Å². The van der Waals surface area contributed by atoms with Crippen molar-refractivity contribution in [3.05, 3.63) is 21.3 Å². The Bertz CT molecular complexity index is 381. The summed E-state index contributed by atoms with van der Waals surface area (Å²) in [6, 6.07) is 3.44. The number of likely N-dealkylation sites (N-methyl/N-ethyl adjacent to an activating group) is 1. The first-order valence-electron chi connectivity index (χ1n) is 6.37. The number of halogens is 1. The van der Waals surface area contributed by atoms with Gasteiger partial charge in [-0.3, -0.25) is 4.79 Å². The average Bonchev–Trinajstić information content (AvgIpc) is 2.77. The standard InChI is InChI=1S/C13H21ClN2OS/c1-3-5-6-11(15)13(17)16(4-2)9-10-7-8-12(14)18-10/h7-8,11H,3-6,9,15H2,1-2H3/t11-/m0/s1. The summed E-state index contributed by atoms with van der Waals surface area (Å²) in [5, 5.41) is 0. The zero-order valence-corrected chi connectivity index (χ0v) is 12.6. The molecule has 0 aromatic carbocycles. The molecule has 0 fully saturated rings. The number of carbonyl (C=O) groups is 1. The molecule has 0 saturated heterocycles. The Morgan fingerprint density at radius 3 is 2.72 bits per heavy atom. The minimum atomic E-state index is -0.375. The van der Waals surface area contributed by atoms with Crippen molar-refractivity contribution in [3.63, 3.8) is 0 Å². The van der Waals surface area contributed by atoms with Gasteiger partial charge in [-0.1, -0.05) is 31.4 Å². The molecule has 1 rings (SSSR count). The van der Waals surface area contributed by atoms with Crippen LogP contribution in [0.1, 0.15) is 38.0 Å². The van der Waals surface area contributed by atoms with Crippen LogP contribution in [0.2, 0.25) is 4.34 Å². The van der Waals surface area contributed by atoms with Crippen LogP contribution in [0.25, 0.3) is 0 Å². The van der Waals surface area contributed by atoms with E-state index in [1.54, 1.807) is 4.90 Å². The highest BCUT2D eigenvalue weighted by Crippen LogP contribution is 2.22. The monoisotopic (exact) mass is 288 g/mol. The van der Waals surface area contributed by atoms with Gasteiger partial charge >= 0.3 is 0 Å². The van der Waals surface area contributed by atoms with Crippen LogP contribution in [0.15, 0.2) is 12.1 Å². The average molecular weight is 289 g/mol. The number of nitrogens with zero attached hydrogens (tertiary/aromatic N) is 1. The molecule has 0 aliphatic rings. The van der Waals surface area contributed by atoms with E-state index in [2.05, 4.69) is 6.92 Å².